The minimum Gasteiger partial charge on any atom is -0.493 e. The van der Waals surface area contributed by atoms with Gasteiger partial charge in [-0.25, -0.2) is 9.67 Å². The molecule has 0 saturated heterocycles. The molecular weight excluding hydrogens is 593 g/mol. The molecule has 0 amide bonds. The Morgan fingerprint density at radius 3 is 2.43 bits per heavy atom. The molecule has 44 heavy (non-hydrogen) atoms. The topological polar surface area (TPSA) is 73.6 Å². The molecule has 7 nitrogen and oxygen atoms in total. The zero-order valence-corrected chi connectivity index (χ0v) is 25.5. The lowest BCUT2D eigenvalue weighted by Crippen LogP contribution is -2.17. The number of nitrogens with zero attached hydrogens (tertiary/aromatic N) is 4. The largest absolute Gasteiger partial charge is 0.493 e. The second-order valence-electron chi connectivity index (χ2n) is 10.5. The van der Waals surface area contributed by atoms with E-state index in [1.165, 1.54) is 0 Å². The summed E-state index contributed by atoms with van der Waals surface area (Å²) in [6.07, 6.45) is 2.32. The van der Waals surface area contributed by atoms with Gasteiger partial charge in [0.2, 0.25) is 0 Å². The van der Waals surface area contributed by atoms with E-state index >= 15 is 0 Å². The van der Waals surface area contributed by atoms with Crippen LogP contribution in [0.4, 0.5) is 11.5 Å². The van der Waals surface area contributed by atoms with Crippen LogP contribution in [0, 0.1) is 6.92 Å². The molecule has 9 heteroatoms. The highest BCUT2D eigenvalue weighted by Gasteiger charge is 2.27. The van der Waals surface area contributed by atoms with E-state index in [1.54, 1.807) is 13.3 Å². The highest BCUT2D eigenvalue weighted by molar-refractivity contribution is 6.31. The van der Waals surface area contributed by atoms with Gasteiger partial charge in [-0.15, -0.1) is 0 Å². The molecule has 3 heterocycles. The van der Waals surface area contributed by atoms with Crippen molar-refractivity contribution in [3.63, 3.8) is 0 Å². The lowest BCUT2D eigenvalue weighted by atomic mass is 9.97. The number of nitrogens with one attached hydrogen (secondary N) is 1. The molecule has 1 aliphatic heterocycles. The van der Waals surface area contributed by atoms with Crippen LogP contribution in [0.2, 0.25) is 10.0 Å². The van der Waals surface area contributed by atoms with Crippen molar-refractivity contribution >= 4 is 51.3 Å². The van der Waals surface area contributed by atoms with Gasteiger partial charge in [0.05, 0.1) is 35.8 Å². The molecule has 0 fully saturated rings. The summed E-state index contributed by atoms with van der Waals surface area (Å²) in [6.45, 7) is 1.98. The summed E-state index contributed by atoms with van der Waals surface area (Å²) in [7, 11) is 1.64. The molecule has 0 spiro atoms. The normalized spacial score (nSPS) is 14.4. The Morgan fingerprint density at radius 2 is 1.64 bits per heavy atom. The highest BCUT2D eigenvalue weighted by atomic mass is 35.5. The van der Waals surface area contributed by atoms with Crippen molar-refractivity contribution in [2.75, 3.05) is 12.4 Å². The monoisotopic (exact) mass is 619 g/mol. The molecule has 0 radical (unpaired) electrons. The van der Waals surface area contributed by atoms with Gasteiger partial charge < -0.3 is 14.8 Å². The second-order valence-corrected chi connectivity index (χ2v) is 11.4. The molecule has 2 aromatic heterocycles. The number of fused-ring (bicyclic) bond motifs is 2. The number of aryl methyl sites for hydroxylation is 1. The molecule has 1 N–H and O–H groups in total. The van der Waals surface area contributed by atoms with Crippen LogP contribution < -0.4 is 14.8 Å². The van der Waals surface area contributed by atoms with Crippen LogP contribution in [-0.4, -0.2) is 27.6 Å². The average Bonchev–Trinajstić information content (AvgIpc) is 3.21. The average molecular weight is 621 g/mol. The first-order valence-corrected chi connectivity index (χ1v) is 14.9. The van der Waals surface area contributed by atoms with E-state index in [2.05, 4.69) is 16.4 Å². The zero-order chi connectivity index (χ0) is 30.2. The summed E-state index contributed by atoms with van der Waals surface area (Å²) < 4.78 is 14.1. The van der Waals surface area contributed by atoms with Crippen LogP contribution in [-0.2, 0) is 0 Å². The van der Waals surface area contributed by atoms with E-state index in [1.807, 2.05) is 103 Å². The zero-order valence-electron chi connectivity index (χ0n) is 24.0. The number of halogens is 2. The van der Waals surface area contributed by atoms with E-state index in [4.69, 9.17) is 42.8 Å². The van der Waals surface area contributed by atoms with Crippen LogP contribution in [0.3, 0.4) is 0 Å². The Balaban J connectivity index is 1.29. The smallest absolute Gasteiger partial charge is 0.169 e. The number of hydrogen-bond donors (Lipinski definition) is 1. The van der Waals surface area contributed by atoms with Crippen molar-refractivity contribution in [2.24, 2.45) is 4.99 Å². The SMILES string of the molecule is COc1cc(C2CC(c3ccc(Cl)cc3)=Nc3c(C)nn(-c4ccccc4)c3N2)ccc1Oc1ccnc2cc(Cl)ccc12. The van der Waals surface area contributed by atoms with E-state index in [-0.39, 0.29) is 6.04 Å². The number of aromatic nitrogens is 3. The predicted molar refractivity (Wildman–Crippen MR) is 177 cm³/mol. The number of rotatable bonds is 6. The Kier molecular flexibility index (Phi) is 7.42. The Labute approximate surface area is 264 Å². The van der Waals surface area contributed by atoms with Gasteiger partial charge in [0.25, 0.3) is 0 Å². The fraction of sp³-hybridized carbons (Fsp3) is 0.114. The van der Waals surface area contributed by atoms with Crippen molar-refractivity contribution in [1.29, 1.82) is 0 Å². The molecule has 1 atom stereocenters. The van der Waals surface area contributed by atoms with Crippen molar-refractivity contribution in [2.45, 2.75) is 19.4 Å². The van der Waals surface area contributed by atoms with Gasteiger partial charge in [-0.3, -0.25) is 4.98 Å². The van der Waals surface area contributed by atoms with Gasteiger partial charge >= 0.3 is 0 Å². The number of benzene rings is 4. The maximum atomic E-state index is 6.38. The summed E-state index contributed by atoms with van der Waals surface area (Å²) in [5.74, 6) is 2.67. The number of aliphatic imine (C=N–C) groups is 1. The minimum absolute atomic E-state index is 0.156. The van der Waals surface area contributed by atoms with Gasteiger partial charge in [-0.05, 0) is 78.7 Å². The van der Waals surface area contributed by atoms with Crippen molar-refractivity contribution in [3.8, 4) is 22.9 Å². The van der Waals surface area contributed by atoms with Gasteiger partial charge in [-0.2, -0.15) is 5.10 Å². The van der Waals surface area contributed by atoms with E-state index in [0.717, 1.165) is 50.6 Å². The van der Waals surface area contributed by atoms with Crippen LogP contribution in [0.5, 0.6) is 17.2 Å². The van der Waals surface area contributed by atoms with Crippen LogP contribution in [0.1, 0.15) is 29.3 Å². The van der Waals surface area contributed by atoms with E-state index in [9.17, 15) is 0 Å². The number of anilines is 1. The second kappa shape index (κ2) is 11.7. The van der Waals surface area contributed by atoms with Gasteiger partial charge in [0, 0.05) is 28.0 Å². The molecule has 1 unspecified atom stereocenters. The maximum Gasteiger partial charge on any atom is 0.169 e. The van der Waals surface area contributed by atoms with Crippen molar-refractivity contribution < 1.29 is 9.47 Å². The van der Waals surface area contributed by atoms with Crippen molar-refractivity contribution in [1.82, 2.24) is 14.8 Å². The molecule has 0 saturated carbocycles. The number of methoxy groups -OCH3 is 1. The summed E-state index contributed by atoms with van der Waals surface area (Å²) >= 11 is 12.4. The first-order chi connectivity index (χ1) is 21.5. The number of ether oxygens (including phenoxy) is 2. The summed E-state index contributed by atoms with van der Waals surface area (Å²) in [5.41, 5.74) is 6.26. The Morgan fingerprint density at radius 1 is 0.841 bits per heavy atom. The lowest BCUT2D eigenvalue weighted by molar-refractivity contribution is 0.379. The Hall–Kier alpha value is -4.85. The summed E-state index contributed by atoms with van der Waals surface area (Å²) in [6, 6.07) is 31.1. The first-order valence-electron chi connectivity index (χ1n) is 14.1. The molecule has 0 bridgehead atoms. The molecule has 1 aliphatic rings. The molecule has 218 valence electrons. The standard InChI is InChI=1S/C35H27Cl2N5O2/c1-21-34-35(42(41-21)26-6-4-3-5-7-26)40-29(20-28(39-34)22-8-11-24(36)12-9-22)23-10-15-32(33(18-23)43-2)44-31-16-17-38-30-19-25(37)13-14-27(30)31/h3-19,29,40H,20H2,1-2H3. The minimum atomic E-state index is -0.156. The molecule has 7 rings (SSSR count). The van der Waals surface area contributed by atoms with Gasteiger partial charge in [0.15, 0.2) is 17.3 Å². The number of pyridine rings is 1. The van der Waals surface area contributed by atoms with Gasteiger partial charge in [-0.1, -0.05) is 59.6 Å². The third-order valence-electron chi connectivity index (χ3n) is 7.64. The molecule has 6 aromatic rings. The van der Waals surface area contributed by atoms with Crippen LogP contribution in [0.25, 0.3) is 16.6 Å². The van der Waals surface area contributed by atoms with Crippen molar-refractivity contribution in [3.05, 3.63) is 130 Å². The Bertz CT molecular complexity index is 2020. The molecule has 0 aliphatic carbocycles. The van der Waals surface area contributed by atoms with Crippen LogP contribution >= 0.6 is 23.2 Å². The predicted octanol–water partition coefficient (Wildman–Crippen LogP) is 9.51. The number of hydrogen-bond acceptors (Lipinski definition) is 6. The maximum absolute atomic E-state index is 6.38. The third kappa shape index (κ3) is 5.36. The van der Waals surface area contributed by atoms with E-state index < -0.39 is 0 Å². The summed E-state index contributed by atoms with van der Waals surface area (Å²) in [5, 5.41) is 10.8. The van der Waals surface area contributed by atoms with Gasteiger partial charge in [0.1, 0.15) is 11.4 Å². The van der Waals surface area contributed by atoms with Crippen LogP contribution in [0.15, 0.2) is 108 Å². The fourth-order valence-electron chi connectivity index (χ4n) is 5.44. The fourth-order valence-corrected chi connectivity index (χ4v) is 5.73. The highest BCUT2D eigenvalue weighted by Crippen LogP contribution is 2.42. The van der Waals surface area contributed by atoms with E-state index in [0.29, 0.717) is 33.7 Å². The quantitative estimate of drug-likeness (QED) is 0.201. The first kappa shape index (κ1) is 28.0. The lowest BCUT2D eigenvalue weighted by Gasteiger charge is -2.21. The number of para-hydroxylation sites is 1. The molecular formula is C35H27Cl2N5O2. The third-order valence-corrected chi connectivity index (χ3v) is 8.12. The molecule has 4 aromatic carbocycles. The summed E-state index contributed by atoms with van der Waals surface area (Å²) in [4.78, 5) is 9.60.